The molecule has 0 aromatic heterocycles. The number of hydrogen-bond acceptors (Lipinski definition) is 4. The minimum atomic E-state index is -0.469. The van der Waals surface area contributed by atoms with Crippen LogP contribution in [0.2, 0.25) is 0 Å². The maximum Gasteiger partial charge on any atom is 0.319 e. The third kappa shape index (κ3) is 4.79. The summed E-state index contributed by atoms with van der Waals surface area (Å²) < 4.78 is 0. The second-order valence-corrected chi connectivity index (χ2v) is 6.06. The molecule has 2 aromatic carbocycles. The van der Waals surface area contributed by atoms with Crippen LogP contribution in [0, 0.1) is 10.1 Å². The maximum atomic E-state index is 12.2. The quantitative estimate of drug-likeness (QED) is 0.547. The molecule has 1 aliphatic rings. The topological polar surface area (TPSA) is 113 Å². The maximum absolute atomic E-state index is 12.2. The Balaban J connectivity index is 1.50. The number of nitro groups is 1. The molecule has 0 spiro atoms. The molecule has 3 amide bonds. The summed E-state index contributed by atoms with van der Waals surface area (Å²) in [6.45, 7) is 0.265. The van der Waals surface area contributed by atoms with Crippen molar-refractivity contribution >= 4 is 23.3 Å². The lowest BCUT2D eigenvalue weighted by Crippen LogP contribution is -2.30. The zero-order valence-corrected chi connectivity index (χ0v) is 13.9. The molecular weight excluding hydrogens is 336 g/mol. The summed E-state index contributed by atoms with van der Waals surface area (Å²) in [4.78, 5) is 34.0. The minimum absolute atomic E-state index is 0.00823. The van der Waals surface area contributed by atoms with Crippen LogP contribution in [0.1, 0.15) is 28.8 Å². The van der Waals surface area contributed by atoms with Gasteiger partial charge in [0.05, 0.1) is 4.92 Å². The van der Waals surface area contributed by atoms with Crippen LogP contribution < -0.4 is 16.0 Å². The fourth-order valence-corrected chi connectivity index (χ4v) is 2.31. The van der Waals surface area contributed by atoms with E-state index in [-0.39, 0.29) is 30.2 Å². The van der Waals surface area contributed by atoms with Crippen molar-refractivity contribution in [3.8, 4) is 0 Å². The first-order valence-electron chi connectivity index (χ1n) is 8.20. The molecule has 2 aromatic rings. The smallest absolute Gasteiger partial charge is 0.319 e. The number of carbonyl (C=O) groups is 2. The Labute approximate surface area is 149 Å². The van der Waals surface area contributed by atoms with Crippen molar-refractivity contribution in [2.24, 2.45) is 0 Å². The van der Waals surface area contributed by atoms with E-state index in [0.29, 0.717) is 11.3 Å². The van der Waals surface area contributed by atoms with Gasteiger partial charge in [0.2, 0.25) is 0 Å². The molecule has 26 heavy (non-hydrogen) atoms. The van der Waals surface area contributed by atoms with Crippen LogP contribution in [0.4, 0.5) is 16.2 Å². The molecule has 8 heteroatoms. The highest BCUT2D eigenvalue weighted by atomic mass is 16.6. The number of non-ortho nitro benzene ring substituents is 1. The zero-order valence-electron chi connectivity index (χ0n) is 13.9. The Morgan fingerprint density at radius 2 is 1.69 bits per heavy atom. The number of rotatable bonds is 6. The predicted octanol–water partition coefficient (Wildman–Crippen LogP) is 2.81. The van der Waals surface area contributed by atoms with Crippen LogP contribution in [0.15, 0.2) is 48.5 Å². The van der Waals surface area contributed by atoms with Crippen LogP contribution in [0.3, 0.4) is 0 Å². The summed E-state index contributed by atoms with van der Waals surface area (Å²) in [7, 11) is 0. The third-order valence-electron chi connectivity index (χ3n) is 3.92. The number of carbonyl (C=O) groups excluding carboxylic acids is 2. The van der Waals surface area contributed by atoms with Crippen LogP contribution in [0.25, 0.3) is 0 Å². The van der Waals surface area contributed by atoms with Gasteiger partial charge in [-0.3, -0.25) is 14.9 Å². The van der Waals surface area contributed by atoms with Gasteiger partial charge in [0.15, 0.2) is 0 Å². The highest BCUT2D eigenvalue weighted by Gasteiger charge is 2.23. The predicted molar refractivity (Wildman–Crippen MR) is 95.9 cm³/mol. The van der Waals surface area contributed by atoms with E-state index in [0.717, 1.165) is 18.4 Å². The van der Waals surface area contributed by atoms with E-state index >= 15 is 0 Å². The number of benzene rings is 2. The van der Waals surface area contributed by atoms with Gasteiger partial charge in [0, 0.05) is 36.0 Å². The van der Waals surface area contributed by atoms with Crippen molar-refractivity contribution < 1.29 is 14.5 Å². The van der Waals surface area contributed by atoms with Gasteiger partial charge in [-0.25, -0.2) is 4.79 Å². The molecule has 134 valence electrons. The average molecular weight is 354 g/mol. The number of hydrogen-bond donors (Lipinski definition) is 3. The zero-order chi connectivity index (χ0) is 18.5. The Hall–Kier alpha value is -3.42. The van der Waals surface area contributed by atoms with E-state index in [1.54, 1.807) is 36.4 Å². The number of nitro benzene ring substituents is 1. The van der Waals surface area contributed by atoms with Gasteiger partial charge >= 0.3 is 6.03 Å². The van der Waals surface area contributed by atoms with Gasteiger partial charge in [-0.15, -0.1) is 0 Å². The molecule has 0 radical (unpaired) electrons. The fourth-order valence-electron chi connectivity index (χ4n) is 2.31. The van der Waals surface area contributed by atoms with Gasteiger partial charge in [0.1, 0.15) is 0 Å². The van der Waals surface area contributed by atoms with Crippen molar-refractivity contribution in [1.29, 1.82) is 0 Å². The van der Waals surface area contributed by atoms with Gasteiger partial charge in [-0.05, 0) is 42.7 Å². The third-order valence-corrected chi connectivity index (χ3v) is 3.92. The fraction of sp³-hybridized carbons (Fsp3) is 0.222. The summed E-state index contributed by atoms with van der Waals surface area (Å²) >= 11 is 0. The van der Waals surface area contributed by atoms with E-state index < -0.39 is 4.92 Å². The molecule has 0 unspecified atom stereocenters. The van der Waals surface area contributed by atoms with E-state index in [2.05, 4.69) is 16.0 Å². The molecule has 1 aliphatic carbocycles. The highest BCUT2D eigenvalue weighted by Crippen LogP contribution is 2.19. The second-order valence-electron chi connectivity index (χ2n) is 6.06. The van der Waals surface area contributed by atoms with Crippen molar-refractivity contribution in [1.82, 2.24) is 10.6 Å². The Bertz CT molecular complexity index is 814. The number of nitrogens with zero attached hydrogens (tertiary/aromatic N) is 1. The van der Waals surface area contributed by atoms with E-state index in [4.69, 9.17) is 0 Å². The largest absolute Gasteiger partial charge is 0.348 e. The number of amides is 3. The van der Waals surface area contributed by atoms with Crippen molar-refractivity contribution in [2.75, 3.05) is 5.32 Å². The minimum Gasteiger partial charge on any atom is -0.348 e. The molecule has 3 N–H and O–H groups in total. The number of nitrogens with one attached hydrogen (secondary N) is 3. The number of urea groups is 1. The molecule has 0 aliphatic heterocycles. The summed E-state index contributed by atoms with van der Waals surface area (Å²) in [5, 5.41) is 18.9. The summed E-state index contributed by atoms with van der Waals surface area (Å²) in [6.07, 6.45) is 2.03. The van der Waals surface area contributed by atoms with Crippen LogP contribution >= 0.6 is 0 Å². The van der Waals surface area contributed by atoms with Crippen LogP contribution in [0.5, 0.6) is 0 Å². The summed E-state index contributed by atoms with van der Waals surface area (Å²) in [6, 6.07) is 12.6. The Morgan fingerprint density at radius 1 is 1.04 bits per heavy atom. The summed E-state index contributed by atoms with van der Waals surface area (Å²) in [5.41, 5.74) is 1.84. The molecule has 0 heterocycles. The van der Waals surface area contributed by atoms with E-state index in [1.165, 1.54) is 12.1 Å². The van der Waals surface area contributed by atoms with Gasteiger partial charge in [-0.2, -0.15) is 0 Å². The lowest BCUT2D eigenvalue weighted by atomic mass is 10.1. The molecule has 0 atom stereocenters. The first-order chi connectivity index (χ1) is 12.5. The summed E-state index contributed by atoms with van der Waals surface area (Å²) in [5.74, 6) is -0.266. The van der Waals surface area contributed by atoms with E-state index in [9.17, 15) is 19.7 Å². The van der Waals surface area contributed by atoms with E-state index in [1.807, 2.05) is 0 Å². The van der Waals surface area contributed by atoms with Crippen molar-refractivity contribution in [2.45, 2.75) is 25.4 Å². The van der Waals surface area contributed by atoms with Gasteiger partial charge in [-0.1, -0.05) is 12.1 Å². The average Bonchev–Trinajstić information content (AvgIpc) is 3.44. The van der Waals surface area contributed by atoms with Gasteiger partial charge < -0.3 is 16.0 Å². The molecule has 1 fully saturated rings. The van der Waals surface area contributed by atoms with Crippen LogP contribution in [-0.4, -0.2) is 22.9 Å². The number of anilines is 1. The molecule has 3 rings (SSSR count). The van der Waals surface area contributed by atoms with Crippen molar-refractivity contribution in [3.05, 3.63) is 69.8 Å². The van der Waals surface area contributed by atoms with Gasteiger partial charge in [0.25, 0.3) is 11.6 Å². The normalized spacial score (nSPS) is 12.9. The standard InChI is InChI=1S/C18H18N4O4/c23-17(19-11-12-1-9-16(10-2-12)22(25)26)13-3-5-14(6-4-13)20-18(24)21-15-7-8-15/h1-6,9-10,15H,7-8,11H2,(H,19,23)(H2,20,21,24). The molecule has 0 bridgehead atoms. The molecular formula is C18H18N4O4. The Kier molecular flexibility index (Phi) is 5.12. The molecule has 8 nitrogen and oxygen atoms in total. The first-order valence-corrected chi connectivity index (χ1v) is 8.20. The second kappa shape index (κ2) is 7.64. The Morgan fingerprint density at radius 3 is 2.27 bits per heavy atom. The van der Waals surface area contributed by atoms with Crippen molar-refractivity contribution in [3.63, 3.8) is 0 Å². The lowest BCUT2D eigenvalue weighted by molar-refractivity contribution is -0.384. The highest BCUT2D eigenvalue weighted by molar-refractivity contribution is 5.95. The SMILES string of the molecule is O=C(Nc1ccc(C(=O)NCc2ccc([N+](=O)[O-])cc2)cc1)NC1CC1. The lowest BCUT2D eigenvalue weighted by Gasteiger charge is -2.08. The first kappa shape index (κ1) is 17.4. The van der Waals surface area contributed by atoms with Crippen LogP contribution in [-0.2, 0) is 6.54 Å². The molecule has 1 saturated carbocycles. The molecule has 0 saturated heterocycles. The monoisotopic (exact) mass is 354 g/mol.